The zero-order valence-corrected chi connectivity index (χ0v) is 9.72. The zero-order chi connectivity index (χ0) is 11.9. The third kappa shape index (κ3) is 3.48. The number of hydrogen-bond donors (Lipinski definition) is 1. The first-order valence-electron chi connectivity index (χ1n) is 5.59. The van der Waals surface area contributed by atoms with Crippen molar-refractivity contribution in [2.45, 2.75) is 20.0 Å². The van der Waals surface area contributed by atoms with E-state index in [9.17, 15) is 0 Å². The standard InChI is InChI=1S/C12H15N3O2/c1-2-5-14-11-7-13-8-12(15-11)17-9-10-4-3-6-16-10/h3-4,6-8H,2,5,9H2,1H3,(H,14,15). The fourth-order valence-electron chi connectivity index (χ4n) is 1.30. The summed E-state index contributed by atoms with van der Waals surface area (Å²) < 4.78 is 10.6. The Morgan fingerprint density at radius 3 is 3.12 bits per heavy atom. The second-order valence-corrected chi connectivity index (χ2v) is 3.54. The maximum absolute atomic E-state index is 5.46. The number of ether oxygens (including phenoxy) is 1. The van der Waals surface area contributed by atoms with Crippen molar-refractivity contribution < 1.29 is 9.15 Å². The summed E-state index contributed by atoms with van der Waals surface area (Å²) in [6.45, 7) is 3.33. The van der Waals surface area contributed by atoms with Crippen LogP contribution in [0.5, 0.6) is 5.88 Å². The third-order valence-corrected chi connectivity index (χ3v) is 2.11. The summed E-state index contributed by atoms with van der Waals surface area (Å²) in [5, 5.41) is 3.15. The summed E-state index contributed by atoms with van der Waals surface area (Å²) >= 11 is 0. The van der Waals surface area contributed by atoms with Crippen molar-refractivity contribution in [3.05, 3.63) is 36.5 Å². The largest absolute Gasteiger partial charge is 0.468 e. The molecule has 2 aromatic heterocycles. The lowest BCUT2D eigenvalue weighted by Gasteiger charge is -2.06. The van der Waals surface area contributed by atoms with Crippen molar-refractivity contribution in [3.63, 3.8) is 0 Å². The highest BCUT2D eigenvalue weighted by Crippen LogP contribution is 2.11. The molecule has 0 radical (unpaired) electrons. The maximum atomic E-state index is 5.46. The number of nitrogens with zero attached hydrogens (tertiary/aromatic N) is 2. The first kappa shape index (κ1) is 11.4. The fraction of sp³-hybridized carbons (Fsp3) is 0.333. The van der Waals surface area contributed by atoms with Crippen molar-refractivity contribution >= 4 is 5.82 Å². The molecule has 2 heterocycles. The Morgan fingerprint density at radius 1 is 1.41 bits per heavy atom. The van der Waals surface area contributed by atoms with E-state index in [1.165, 1.54) is 0 Å². The summed E-state index contributed by atoms with van der Waals surface area (Å²) in [7, 11) is 0. The number of hydrogen-bond acceptors (Lipinski definition) is 5. The summed E-state index contributed by atoms with van der Waals surface area (Å²) in [6.07, 6.45) is 5.91. The minimum atomic E-state index is 0.360. The highest BCUT2D eigenvalue weighted by molar-refractivity contribution is 5.32. The van der Waals surface area contributed by atoms with E-state index in [0.717, 1.165) is 24.5 Å². The molecule has 90 valence electrons. The molecule has 17 heavy (non-hydrogen) atoms. The first-order chi connectivity index (χ1) is 8.38. The molecule has 0 bridgehead atoms. The fourth-order valence-corrected chi connectivity index (χ4v) is 1.30. The van der Waals surface area contributed by atoms with Crippen LogP contribution in [0, 0.1) is 0 Å². The minimum Gasteiger partial charge on any atom is -0.468 e. The Hall–Kier alpha value is -2.04. The maximum Gasteiger partial charge on any atom is 0.234 e. The summed E-state index contributed by atoms with van der Waals surface area (Å²) in [5.41, 5.74) is 0. The summed E-state index contributed by atoms with van der Waals surface area (Å²) in [6, 6.07) is 3.68. The topological polar surface area (TPSA) is 60.2 Å². The monoisotopic (exact) mass is 233 g/mol. The van der Waals surface area contributed by atoms with Crippen LogP contribution in [-0.4, -0.2) is 16.5 Å². The van der Waals surface area contributed by atoms with Crippen molar-refractivity contribution in [1.82, 2.24) is 9.97 Å². The van der Waals surface area contributed by atoms with E-state index in [2.05, 4.69) is 22.2 Å². The van der Waals surface area contributed by atoms with E-state index in [1.54, 1.807) is 18.7 Å². The van der Waals surface area contributed by atoms with Crippen LogP contribution in [0.1, 0.15) is 19.1 Å². The van der Waals surface area contributed by atoms with Gasteiger partial charge in [-0.2, -0.15) is 4.98 Å². The molecular formula is C12H15N3O2. The minimum absolute atomic E-state index is 0.360. The molecule has 0 unspecified atom stereocenters. The zero-order valence-electron chi connectivity index (χ0n) is 9.72. The van der Waals surface area contributed by atoms with E-state index in [1.807, 2.05) is 12.1 Å². The van der Waals surface area contributed by atoms with Gasteiger partial charge in [0.15, 0.2) is 0 Å². The molecule has 0 aliphatic rings. The number of anilines is 1. The average molecular weight is 233 g/mol. The van der Waals surface area contributed by atoms with Gasteiger partial charge in [0.05, 0.1) is 18.7 Å². The normalized spacial score (nSPS) is 10.2. The molecule has 0 saturated carbocycles. The molecule has 2 aromatic rings. The Labute approximate surface area is 99.8 Å². The lowest BCUT2D eigenvalue weighted by Crippen LogP contribution is -2.04. The molecule has 5 nitrogen and oxygen atoms in total. The Morgan fingerprint density at radius 2 is 2.35 bits per heavy atom. The van der Waals surface area contributed by atoms with Crippen LogP contribution in [0.25, 0.3) is 0 Å². The van der Waals surface area contributed by atoms with E-state index in [-0.39, 0.29) is 0 Å². The molecule has 1 N–H and O–H groups in total. The Bertz CT molecular complexity index is 443. The van der Waals surface area contributed by atoms with Gasteiger partial charge < -0.3 is 14.5 Å². The van der Waals surface area contributed by atoms with Crippen LogP contribution in [-0.2, 0) is 6.61 Å². The van der Waals surface area contributed by atoms with Crippen molar-refractivity contribution in [2.75, 3.05) is 11.9 Å². The lowest BCUT2D eigenvalue weighted by molar-refractivity contribution is 0.260. The predicted molar refractivity (Wildman–Crippen MR) is 63.9 cm³/mol. The van der Waals surface area contributed by atoms with Gasteiger partial charge >= 0.3 is 0 Å². The molecule has 0 aromatic carbocycles. The molecule has 0 saturated heterocycles. The van der Waals surface area contributed by atoms with Gasteiger partial charge in [-0.05, 0) is 18.6 Å². The van der Waals surface area contributed by atoms with Crippen LogP contribution >= 0.6 is 0 Å². The molecule has 5 heteroatoms. The van der Waals surface area contributed by atoms with E-state index in [4.69, 9.17) is 9.15 Å². The van der Waals surface area contributed by atoms with Gasteiger partial charge in [-0.3, -0.25) is 4.98 Å². The molecule has 0 aliphatic heterocycles. The smallest absolute Gasteiger partial charge is 0.234 e. The molecule has 2 rings (SSSR count). The molecular weight excluding hydrogens is 218 g/mol. The number of aromatic nitrogens is 2. The van der Waals surface area contributed by atoms with Crippen molar-refractivity contribution in [3.8, 4) is 5.88 Å². The van der Waals surface area contributed by atoms with Gasteiger partial charge in [-0.25, -0.2) is 0 Å². The van der Waals surface area contributed by atoms with Crippen LogP contribution in [0.2, 0.25) is 0 Å². The average Bonchev–Trinajstić information content (AvgIpc) is 2.87. The van der Waals surface area contributed by atoms with Gasteiger partial charge in [-0.15, -0.1) is 0 Å². The van der Waals surface area contributed by atoms with Gasteiger partial charge in [0.25, 0.3) is 0 Å². The van der Waals surface area contributed by atoms with Gasteiger partial charge in [0, 0.05) is 6.54 Å². The van der Waals surface area contributed by atoms with Crippen LogP contribution < -0.4 is 10.1 Å². The molecule has 0 fully saturated rings. The van der Waals surface area contributed by atoms with Crippen molar-refractivity contribution in [2.24, 2.45) is 0 Å². The Kier molecular flexibility index (Phi) is 3.96. The summed E-state index contributed by atoms with van der Waals surface area (Å²) in [5.74, 6) is 1.98. The number of furan rings is 1. The van der Waals surface area contributed by atoms with E-state index >= 15 is 0 Å². The third-order valence-electron chi connectivity index (χ3n) is 2.11. The predicted octanol–water partition coefficient (Wildman–Crippen LogP) is 2.47. The second-order valence-electron chi connectivity index (χ2n) is 3.54. The van der Waals surface area contributed by atoms with Gasteiger partial charge in [0.2, 0.25) is 5.88 Å². The molecule has 0 spiro atoms. The van der Waals surface area contributed by atoms with Crippen LogP contribution in [0.4, 0.5) is 5.82 Å². The number of nitrogens with one attached hydrogen (secondary N) is 1. The SMILES string of the molecule is CCCNc1cncc(OCc2ccco2)n1. The highest BCUT2D eigenvalue weighted by atomic mass is 16.5. The molecule has 0 aliphatic carbocycles. The number of rotatable bonds is 6. The van der Waals surface area contributed by atoms with Crippen LogP contribution in [0.15, 0.2) is 35.2 Å². The van der Waals surface area contributed by atoms with Crippen molar-refractivity contribution in [1.29, 1.82) is 0 Å². The Balaban J connectivity index is 1.91. The second kappa shape index (κ2) is 5.89. The van der Waals surface area contributed by atoms with Gasteiger partial charge in [0.1, 0.15) is 18.2 Å². The molecule has 0 amide bonds. The lowest BCUT2D eigenvalue weighted by atomic mass is 10.5. The molecule has 0 atom stereocenters. The highest BCUT2D eigenvalue weighted by Gasteiger charge is 2.01. The summed E-state index contributed by atoms with van der Waals surface area (Å²) in [4.78, 5) is 8.33. The van der Waals surface area contributed by atoms with Crippen LogP contribution in [0.3, 0.4) is 0 Å². The van der Waals surface area contributed by atoms with Gasteiger partial charge in [-0.1, -0.05) is 6.92 Å². The quantitative estimate of drug-likeness (QED) is 0.830. The van der Waals surface area contributed by atoms with E-state index < -0.39 is 0 Å². The van der Waals surface area contributed by atoms with E-state index in [0.29, 0.717) is 12.5 Å². The first-order valence-corrected chi connectivity index (χ1v) is 5.59.